The Hall–Kier alpha value is -1.91. The minimum Gasteiger partial charge on any atom is -0.454 e. The van der Waals surface area contributed by atoms with Gasteiger partial charge in [-0.1, -0.05) is 0 Å². The van der Waals surface area contributed by atoms with Crippen LogP contribution < -0.4 is 14.4 Å². The van der Waals surface area contributed by atoms with Gasteiger partial charge in [0.05, 0.1) is 5.69 Å². The zero-order valence-corrected chi connectivity index (χ0v) is 11.4. The Balaban J connectivity index is 1.88. The lowest BCUT2D eigenvalue weighted by atomic mass is 10.1. The topological polar surface area (TPSA) is 48.0 Å². The molecular weight excluding hydrogens is 246 g/mol. The third kappa shape index (κ3) is 2.20. The fourth-order valence-corrected chi connectivity index (χ4v) is 2.28. The van der Waals surface area contributed by atoms with Crippen molar-refractivity contribution in [3.63, 3.8) is 0 Å². The molecule has 0 aromatic heterocycles. The van der Waals surface area contributed by atoms with E-state index >= 15 is 0 Å². The summed E-state index contributed by atoms with van der Waals surface area (Å²) in [5.41, 5.74) is 1.46. The maximum Gasteiger partial charge on any atom is 0.414 e. The molecule has 1 amide bonds. The number of amides is 1. The molecule has 5 heteroatoms. The first-order valence-corrected chi connectivity index (χ1v) is 6.37. The predicted octanol–water partition coefficient (Wildman–Crippen LogP) is 2.71. The van der Waals surface area contributed by atoms with Crippen LogP contribution in [0.4, 0.5) is 10.5 Å². The van der Waals surface area contributed by atoms with E-state index in [-0.39, 0.29) is 12.9 Å². The molecule has 2 aliphatic heterocycles. The summed E-state index contributed by atoms with van der Waals surface area (Å²) in [6, 6.07) is 3.80. The van der Waals surface area contributed by atoms with Crippen LogP contribution in [0.5, 0.6) is 11.5 Å². The van der Waals surface area contributed by atoms with E-state index in [1.807, 2.05) is 32.9 Å². The first-order chi connectivity index (χ1) is 8.94. The summed E-state index contributed by atoms with van der Waals surface area (Å²) < 4.78 is 16.1. The molecule has 1 aromatic rings. The van der Waals surface area contributed by atoms with Crippen LogP contribution in [0.2, 0.25) is 0 Å². The van der Waals surface area contributed by atoms with Crippen molar-refractivity contribution in [2.24, 2.45) is 0 Å². The normalized spacial score (nSPS) is 16.5. The van der Waals surface area contributed by atoms with E-state index in [1.54, 1.807) is 4.90 Å². The van der Waals surface area contributed by atoms with Crippen molar-refractivity contribution in [2.75, 3.05) is 18.2 Å². The molecule has 102 valence electrons. The van der Waals surface area contributed by atoms with Crippen LogP contribution in [0.25, 0.3) is 0 Å². The molecule has 5 nitrogen and oxygen atoms in total. The maximum absolute atomic E-state index is 12.2. The van der Waals surface area contributed by atoms with Crippen molar-refractivity contribution in [3.8, 4) is 11.5 Å². The van der Waals surface area contributed by atoms with Crippen molar-refractivity contribution < 1.29 is 19.0 Å². The van der Waals surface area contributed by atoms with Gasteiger partial charge in [0, 0.05) is 12.6 Å². The fourth-order valence-electron chi connectivity index (χ4n) is 2.28. The molecule has 0 unspecified atom stereocenters. The summed E-state index contributed by atoms with van der Waals surface area (Å²) >= 11 is 0. The lowest BCUT2D eigenvalue weighted by molar-refractivity contribution is 0.0584. The number of hydrogen-bond donors (Lipinski definition) is 0. The zero-order chi connectivity index (χ0) is 13.6. The molecule has 2 heterocycles. The average molecular weight is 263 g/mol. The second-order valence-corrected chi connectivity index (χ2v) is 5.72. The van der Waals surface area contributed by atoms with Crippen LogP contribution in [0.15, 0.2) is 12.1 Å². The van der Waals surface area contributed by atoms with Gasteiger partial charge in [0.2, 0.25) is 6.79 Å². The number of carbonyl (C=O) groups excluding carboxylic acids is 1. The standard InChI is InChI=1S/C14H17NO4/c1-14(2,3)19-13(16)15-5-4-9-6-11-12(7-10(9)15)18-8-17-11/h6-7H,4-5,8H2,1-3H3. The van der Waals surface area contributed by atoms with Crippen molar-refractivity contribution in [2.45, 2.75) is 32.8 Å². The van der Waals surface area contributed by atoms with E-state index in [2.05, 4.69) is 0 Å². The number of ether oxygens (including phenoxy) is 3. The molecule has 1 aromatic carbocycles. The summed E-state index contributed by atoms with van der Waals surface area (Å²) in [7, 11) is 0. The molecule has 2 aliphatic rings. The van der Waals surface area contributed by atoms with Crippen molar-refractivity contribution in [1.82, 2.24) is 0 Å². The summed E-state index contributed by atoms with van der Waals surface area (Å²) in [4.78, 5) is 13.8. The van der Waals surface area contributed by atoms with Gasteiger partial charge in [-0.05, 0) is 38.8 Å². The Morgan fingerprint density at radius 2 is 1.95 bits per heavy atom. The Bertz CT molecular complexity index is 533. The summed E-state index contributed by atoms with van der Waals surface area (Å²) in [6.45, 7) is 6.46. The highest BCUT2D eigenvalue weighted by atomic mass is 16.7. The quantitative estimate of drug-likeness (QED) is 0.722. The number of fused-ring (bicyclic) bond motifs is 2. The highest BCUT2D eigenvalue weighted by Crippen LogP contribution is 2.41. The molecule has 0 saturated carbocycles. The highest BCUT2D eigenvalue weighted by molar-refractivity contribution is 5.91. The van der Waals surface area contributed by atoms with E-state index < -0.39 is 5.60 Å². The van der Waals surface area contributed by atoms with E-state index in [4.69, 9.17) is 14.2 Å². The smallest absolute Gasteiger partial charge is 0.414 e. The van der Waals surface area contributed by atoms with Gasteiger partial charge in [-0.15, -0.1) is 0 Å². The minimum absolute atomic E-state index is 0.241. The third-order valence-corrected chi connectivity index (χ3v) is 3.08. The first-order valence-electron chi connectivity index (χ1n) is 6.37. The fraction of sp³-hybridized carbons (Fsp3) is 0.500. The number of nitrogens with zero attached hydrogens (tertiary/aromatic N) is 1. The lowest BCUT2D eigenvalue weighted by Crippen LogP contribution is -2.35. The number of rotatable bonds is 0. The minimum atomic E-state index is -0.490. The predicted molar refractivity (Wildman–Crippen MR) is 69.8 cm³/mol. The number of hydrogen-bond acceptors (Lipinski definition) is 4. The monoisotopic (exact) mass is 263 g/mol. The van der Waals surface area contributed by atoms with Crippen LogP contribution in [-0.2, 0) is 11.2 Å². The van der Waals surface area contributed by atoms with Gasteiger partial charge in [-0.25, -0.2) is 4.79 Å². The third-order valence-electron chi connectivity index (χ3n) is 3.08. The average Bonchev–Trinajstić information content (AvgIpc) is 2.87. The molecule has 0 fully saturated rings. The van der Waals surface area contributed by atoms with Gasteiger partial charge in [-0.2, -0.15) is 0 Å². The largest absolute Gasteiger partial charge is 0.454 e. The molecule has 0 spiro atoms. The number of carbonyl (C=O) groups is 1. The van der Waals surface area contributed by atoms with Gasteiger partial charge >= 0.3 is 6.09 Å². The van der Waals surface area contributed by atoms with Crippen LogP contribution in [-0.4, -0.2) is 25.0 Å². The van der Waals surface area contributed by atoms with Crippen LogP contribution >= 0.6 is 0 Å². The molecule has 0 atom stereocenters. The molecule has 0 saturated heterocycles. The molecule has 0 aliphatic carbocycles. The van der Waals surface area contributed by atoms with Crippen LogP contribution in [0, 0.1) is 0 Å². The van der Waals surface area contributed by atoms with Gasteiger partial charge in [0.25, 0.3) is 0 Å². The SMILES string of the molecule is CC(C)(C)OC(=O)N1CCc2cc3c(cc21)OCO3. The Morgan fingerprint density at radius 1 is 1.26 bits per heavy atom. The molecule has 0 N–H and O–H groups in total. The maximum atomic E-state index is 12.2. The zero-order valence-electron chi connectivity index (χ0n) is 11.4. The van der Waals surface area contributed by atoms with Gasteiger partial charge in [-0.3, -0.25) is 4.90 Å². The van der Waals surface area contributed by atoms with E-state index in [1.165, 1.54) is 0 Å². The molecule has 0 bridgehead atoms. The van der Waals surface area contributed by atoms with Crippen LogP contribution in [0.3, 0.4) is 0 Å². The Morgan fingerprint density at radius 3 is 2.63 bits per heavy atom. The summed E-state index contributed by atoms with van der Waals surface area (Å²) in [6.07, 6.45) is 0.496. The second-order valence-electron chi connectivity index (χ2n) is 5.72. The molecule has 3 rings (SSSR count). The van der Waals surface area contributed by atoms with Gasteiger partial charge in [0.15, 0.2) is 11.5 Å². The lowest BCUT2D eigenvalue weighted by Gasteiger charge is -2.24. The Labute approximate surface area is 112 Å². The Kier molecular flexibility index (Phi) is 2.59. The van der Waals surface area contributed by atoms with Crippen molar-refractivity contribution in [1.29, 1.82) is 0 Å². The van der Waals surface area contributed by atoms with Crippen molar-refractivity contribution in [3.05, 3.63) is 17.7 Å². The number of benzene rings is 1. The number of anilines is 1. The second kappa shape index (κ2) is 4.05. The first kappa shape index (κ1) is 12.1. The highest BCUT2D eigenvalue weighted by Gasteiger charge is 2.31. The van der Waals surface area contributed by atoms with Crippen molar-refractivity contribution >= 4 is 11.8 Å². The van der Waals surface area contributed by atoms with E-state index in [0.717, 1.165) is 23.4 Å². The van der Waals surface area contributed by atoms with E-state index in [9.17, 15) is 4.79 Å². The molecule has 19 heavy (non-hydrogen) atoms. The van der Waals surface area contributed by atoms with Gasteiger partial charge < -0.3 is 14.2 Å². The summed E-state index contributed by atoms with van der Waals surface area (Å²) in [5, 5.41) is 0. The van der Waals surface area contributed by atoms with E-state index in [0.29, 0.717) is 12.3 Å². The summed E-state index contributed by atoms with van der Waals surface area (Å²) in [5.74, 6) is 1.44. The molecular formula is C14H17NO4. The van der Waals surface area contributed by atoms with Gasteiger partial charge in [0.1, 0.15) is 5.60 Å². The van der Waals surface area contributed by atoms with Crippen LogP contribution in [0.1, 0.15) is 26.3 Å². The molecule has 0 radical (unpaired) electrons.